The fourth-order valence-electron chi connectivity index (χ4n) is 0.692. The first kappa shape index (κ1) is 7.19. The molecule has 0 amide bonds. The van der Waals surface area contributed by atoms with Gasteiger partial charge in [0.05, 0.1) is 6.61 Å². The van der Waals surface area contributed by atoms with Crippen LogP contribution in [-0.2, 0) is 0 Å². The Labute approximate surface area is 60.8 Å². The maximum absolute atomic E-state index is 5.21. The molecule has 1 rings (SSSR count). The molecule has 0 fully saturated rings. The Kier molecular flexibility index (Phi) is 2.37. The van der Waals surface area contributed by atoms with E-state index in [0.29, 0.717) is 5.95 Å². The summed E-state index contributed by atoms with van der Waals surface area (Å²) in [6, 6.07) is 3.73. The summed E-state index contributed by atoms with van der Waals surface area (Å²) in [5, 5.41) is 0. The van der Waals surface area contributed by atoms with E-state index in [1.807, 2.05) is 19.1 Å². The Hall–Kier alpha value is -0.920. The highest BCUT2D eigenvalue weighted by Crippen LogP contribution is 2.14. The first-order chi connectivity index (χ1) is 4.83. The van der Waals surface area contributed by atoms with Crippen LogP contribution in [-0.4, -0.2) is 6.61 Å². The predicted octanol–water partition coefficient (Wildman–Crippen LogP) is 2.38. The summed E-state index contributed by atoms with van der Waals surface area (Å²) in [7, 11) is 0. The lowest BCUT2D eigenvalue weighted by atomic mass is 10.5. The second-order valence-corrected chi connectivity index (χ2v) is 2.21. The average Bonchev–Trinajstić information content (AvgIpc) is 2.31. The second-order valence-electron chi connectivity index (χ2n) is 2.21. The van der Waals surface area contributed by atoms with E-state index in [2.05, 4.69) is 6.92 Å². The molecule has 0 aliphatic rings. The molecule has 2 heteroatoms. The van der Waals surface area contributed by atoms with Gasteiger partial charge in [0, 0.05) is 6.07 Å². The van der Waals surface area contributed by atoms with Crippen LogP contribution in [0.2, 0.25) is 0 Å². The zero-order valence-corrected chi connectivity index (χ0v) is 6.39. The minimum Gasteiger partial charge on any atom is -0.465 e. The zero-order chi connectivity index (χ0) is 7.40. The maximum atomic E-state index is 5.21. The Morgan fingerprint density at radius 1 is 1.50 bits per heavy atom. The summed E-state index contributed by atoms with van der Waals surface area (Å²) in [5.74, 6) is 1.52. The number of ether oxygens (including phenoxy) is 1. The van der Waals surface area contributed by atoms with Crippen LogP contribution >= 0.6 is 0 Å². The van der Waals surface area contributed by atoms with Crippen LogP contribution in [0.4, 0.5) is 0 Å². The molecule has 0 aliphatic carbocycles. The number of aryl methyl sites for hydroxylation is 1. The summed E-state index contributed by atoms with van der Waals surface area (Å²) >= 11 is 0. The third-order valence-corrected chi connectivity index (χ3v) is 1.16. The van der Waals surface area contributed by atoms with E-state index in [-0.39, 0.29) is 0 Å². The summed E-state index contributed by atoms with van der Waals surface area (Å²) in [5.41, 5.74) is 0. The molecule has 56 valence electrons. The van der Waals surface area contributed by atoms with E-state index < -0.39 is 0 Å². The van der Waals surface area contributed by atoms with Crippen LogP contribution < -0.4 is 4.74 Å². The quantitative estimate of drug-likeness (QED) is 0.643. The third-order valence-electron chi connectivity index (χ3n) is 1.16. The van der Waals surface area contributed by atoms with Gasteiger partial charge in [0.1, 0.15) is 5.76 Å². The van der Waals surface area contributed by atoms with Crippen LogP contribution in [0.3, 0.4) is 0 Å². The largest absolute Gasteiger partial charge is 0.465 e. The standard InChI is InChI=1S/C8H12O2/c1-3-6-9-8-5-4-7(2)10-8/h4-5H,3,6H2,1-2H3. The van der Waals surface area contributed by atoms with E-state index >= 15 is 0 Å². The molecular formula is C8H12O2. The Bertz CT molecular complexity index is 191. The fourth-order valence-corrected chi connectivity index (χ4v) is 0.692. The monoisotopic (exact) mass is 140 g/mol. The smallest absolute Gasteiger partial charge is 0.284 e. The molecule has 0 N–H and O–H groups in total. The van der Waals surface area contributed by atoms with E-state index in [0.717, 1.165) is 18.8 Å². The molecule has 0 unspecified atom stereocenters. The van der Waals surface area contributed by atoms with E-state index in [1.54, 1.807) is 0 Å². The topological polar surface area (TPSA) is 22.4 Å². The zero-order valence-electron chi connectivity index (χ0n) is 6.39. The molecule has 0 aromatic carbocycles. The summed E-state index contributed by atoms with van der Waals surface area (Å²) in [6.07, 6.45) is 1.01. The molecule has 1 aromatic heterocycles. The number of furan rings is 1. The minimum absolute atomic E-state index is 0.624. The number of hydrogen-bond donors (Lipinski definition) is 0. The number of hydrogen-bond acceptors (Lipinski definition) is 2. The Morgan fingerprint density at radius 2 is 2.30 bits per heavy atom. The highest BCUT2D eigenvalue weighted by Gasteiger charge is 1.95. The van der Waals surface area contributed by atoms with Crippen molar-refractivity contribution in [1.82, 2.24) is 0 Å². The van der Waals surface area contributed by atoms with Gasteiger partial charge in [-0.1, -0.05) is 6.92 Å². The van der Waals surface area contributed by atoms with Gasteiger partial charge in [0.2, 0.25) is 0 Å². The highest BCUT2D eigenvalue weighted by atomic mass is 16.6. The SMILES string of the molecule is CCCOc1ccc(C)o1. The molecule has 0 bridgehead atoms. The van der Waals surface area contributed by atoms with Crippen LogP contribution in [0.15, 0.2) is 16.5 Å². The Morgan fingerprint density at radius 3 is 2.80 bits per heavy atom. The van der Waals surface area contributed by atoms with Crippen molar-refractivity contribution in [2.75, 3.05) is 6.61 Å². The van der Waals surface area contributed by atoms with E-state index in [9.17, 15) is 0 Å². The normalized spacial score (nSPS) is 9.80. The van der Waals surface area contributed by atoms with Crippen molar-refractivity contribution in [1.29, 1.82) is 0 Å². The summed E-state index contributed by atoms with van der Waals surface area (Å²) in [6.45, 7) is 4.70. The van der Waals surface area contributed by atoms with Crippen LogP contribution in [0, 0.1) is 6.92 Å². The first-order valence-electron chi connectivity index (χ1n) is 3.52. The van der Waals surface area contributed by atoms with Crippen LogP contribution in [0.25, 0.3) is 0 Å². The minimum atomic E-state index is 0.624. The molecule has 10 heavy (non-hydrogen) atoms. The highest BCUT2D eigenvalue weighted by molar-refractivity contribution is 5.10. The Balaban J connectivity index is 2.42. The van der Waals surface area contributed by atoms with Gasteiger partial charge in [-0.05, 0) is 19.4 Å². The molecule has 0 saturated heterocycles. The molecule has 0 atom stereocenters. The molecule has 0 spiro atoms. The molecule has 0 aliphatic heterocycles. The molecular weight excluding hydrogens is 128 g/mol. The summed E-state index contributed by atoms with van der Waals surface area (Å²) in [4.78, 5) is 0. The van der Waals surface area contributed by atoms with Gasteiger partial charge in [0.25, 0.3) is 5.95 Å². The molecule has 2 nitrogen and oxygen atoms in total. The van der Waals surface area contributed by atoms with Crippen molar-refractivity contribution >= 4 is 0 Å². The van der Waals surface area contributed by atoms with Crippen LogP contribution in [0.5, 0.6) is 5.95 Å². The third kappa shape index (κ3) is 1.79. The van der Waals surface area contributed by atoms with Crippen LogP contribution in [0.1, 0.15) is 19.1 Å². The number of rotatable bonds is 3. The summed E-state index contributed by atoms with van der Waals surface area (Å²) < 4.78 is 10.4. The van der Waals surface area contributed by atoms with Gasteiger partial charge in [-0.25, -0.2) is 0 Å². The molecule has 0 saturated carbocycles. The van der Waals surface area contributed by atoms with Crippen molar-refractivity contribution in [3.05, 3.63) is 17.9 Å². The second kappa shape index (κ2) is 3.30. The molecule has 1 heterocycles. The lowest BCUT2D eigenvalue weighted by Gasteiger charge is -1.97. The van der Waals surface area contributed by atoms with Gasteiger partial charge >= 0.3 is 0 Å². The average molecular weight is 140 g/mol. The van der Waals surface area contributed by atoms with E-state index in [1.165, 1.54) is 0 Å². The van der Waals surface area contributed by atoms with Crippen molar-refractivity contribution in [3.63, 3.8) is 0 Å². The molecule has 1 aromatic rings. The van der Waals surface area contributed by atoms with Gasteiger partial charge in [-0.2, -0.15) is 0 Å². The molecule has 0 radical (unpaired) electrons. The van der Waals surface area contributed by atoms with E-state index in [4.69, 9.17) is 9.15 Å². The van der Waals surface area contributed by atoms with Gasteiger partial charge < -0.3 is 9.15 Å². The van der Waals surface area contributed by atoms with Gasteiger partial charge in [0.15, 0.2) is 0 Å². The lowest BCUT2D eigenvalue weighted by molar-refractivity contribution is 0.239. The van der Waals surface area contributed by atoms with Crippen molar-refractivity contribution in [3.8, 4) is 5.95 Å². The lowest BCUT2D eigenvalue weighted by Crippen LogP contribution is -1.92. The van der Waals surface area contributed by atoms with Crippen molar-refractivity contribution < 1.29 is 9.15 Å². The maximum Gasteiger partial charge on any atom is 0.284 e. The van der Waals surface area contributed by atoms with Gasteiger partial charge in [-0.15, -0.1) is 0 Å². The van der Waals surface area contributed by atoms with Gasteiger partial charge in [-0.3, -0.25) is 0 Å². The fraction of sp³-hybridized carbons (Fsp3) is 0.500. The predicted molar refractivity (Wildman–Crippen MR) is 39.2 cm³/mol. The van der Waals surface area contributed by atoms with Crippen molar-refractivity contribution in [2.24, 2.45) is 0 Å². The van der Waals surface area contributed by atoms with Crippen molar-refractivity contribution in [2.45, 2.75) is 20.3 Å². The first-order valence-corrected chi connectivity index (χ1v) is 3.52.